The number of nitrogens with one attached hydrogen (secondary N) is 1. The topological polar surface area (TPSA) is 68.0 Å². The molecule has 3 N–H and O–H groups in total. The number of nitrogens with two attached hydrogens (primary N) is 1. The van der Waals surface area contributed by atoms with Gasteiger partial charge in [-0.3, -0.25) is 4.79 Å². The Labute approximate surface area is 118 Å². The van der Waals surface area contributed by atoms with E-state index < -0.39 is 17.6 Å². The van der Waals surface area contributed by atoms with Gasteiger partial charge in [-0.2, -0.15) is 13.2 Å². The molecule has 1 aromatic carbocycles. The molecule has 110 valence electrons. The van der Waals surface area contributed by atoms with E-state index in [4.69, 9.17) is 5.73 Å². The third kappa shape index (κ3) is 3.71. The molecule has 0 aliphatic rings. The van der Waals surface area contributed by atoms with Gasteiger partial charge in [0.15, 0.2) is 0 Å². The minimum absolute atomic E-state index is 0.0582. The van der Waals surface area contributed by atoms with Crippen LogP contribution < -0.4 is 11.1 Å². The molecule has 0 fully saturated rings. The second kappa shape index (κ2) is 5.43. The Kier molecular flexibility index (Phi) is 3.84. The van der Waals surface area contributed by atoms with Crippen molar-refractivity contribution in [1.29, 1.82) is 0 Å². The van der Waals surface area contributed by atoms with Gasteiger partial charge >= 0.3 is 6.18 Å². The summed E-state index contributed by atoms with van der Waals surface area (Å²) in [6, 6.07) is 7.27. The van der Waals surface area contributed by atoms with Crippen molar-refractivity contribution in [1.82, 2.24) is 4.98 Å². The summed E-state index contributed by atoms with van der Waals surface area (Å²) in [4.78, 5) is 15.9. The molecule has 0 saturated carbocycles. The van der Waals surface area contributed by atoms with Crippen LogP contribution in [0.1, 0.15) is 21.6 Å². The number of carbonyl (C=O) groups excluding carboxylic acids is 1. The van der Waals surface area contributed by atoms with E-state index >= 15 is 0 Å². The van der Waals surface area contributed by atoms with E-state index in [0.717, 1.165) is 12.1 Å². The average molecular weight is 295 g/mol. The molecule has 21 heavy (non-hydrogen) atoms. The van der Waals surface area contributed by atoms with E-state index in [1.165, 1.54) is 24.3 Å². The summed E-state index contributed by atoms with van der Waals surface area (Å²) in [7, 11) is 0. The van der Waals surface area contributed by atoms with Crippen LogP contribution in [0.5, 0.6) is 0 Å². The summed E-state index contributed by atoms with van der Waals surface area (Å²) in [6.07, 6.45) is -4.46. The van der Waals surface area contributed by atoms with Gasteiger partial charge in [0, 0.05) is 16.9 Å². The van der Waals surface area contributed by atoms with Crippen molar-refractivity contribution in [2.24, 2.45) is 0 Å². The molecule has 0 radical (unpaired) electrons. The first-order chi connectivity index (χ1) is 9.75. The third-order valence-corrected chi connectivity index (χ3v) is 2.68. The van der Waals surface area contributed by atoms with E-state index in [1.807, 2.05) is 0 Å². The van der Waals surface area contributed by atoms with Crippen LogP contribution in [0, 0.1) is 6.92 Å². The first kappa shape index (κ1) is 14.8. The zero-order valence-electron chi connectivity index (χ0n) is 11.0. The lowest BCUT2D eigenvalue weighted by Crippen LogP contribution is -2.14. The van der Waals surface area contributed by atoms with E-state index in [1.54, 1.807) is 6.92 Å². The standard InChI is InChI=1S/C14H12F3N3O/c1-8-5-9(6-12(18)19-8)13(21)20-11-4-2-3-10(7-11)14(15,16)17/h2-7H,1H3,(H2,18,19)(H,20,21). The second-order valence-corrected chi connectivity index (χ2v) is 4.45. The fourth-order valence-electron chi connectivity index (χ4n) is 1.80. The van der Waals surface area contributed by atoms with Crippen LogP contribution in [0.3, 0.4) is 0 Å². The highest BCUT2D eigenvalue weighted by Gasteiger charge is 2.30. The number of nitrogens with zero attached hydrogens (tertiary/aromatic N) is 1. The fourth-order valence-corrected chi connectivity index (χ4v) is 1.80. The highest BCUT2D eigenvalue weighted by atomic mass is 19.4. The molecule has 0 bridgehead atoms. The molecular weight excluding hydrogens is 283 g/mol. The predicted octanol–water partition coefficient (Wildman–Crippen LogP) is 3.24. The Balaban J connectivity index is 2.23. The van der Waals surface area contributed by atoms with Crippen molar-refractivity contribution in [2.75, 3.05) is 11.1 Å². The number of rotatable bonds is 2. The Hall–Kier alpha value is -2.57. The fraction of sp³-hybridized carbons (Fsp3) is 0.143. The maximum absolute atomic E-state index is 12.6. The van der Waals surface area contributed by atoms with Gasteiger partial charge in [0.05, 0.1) is 5.56 Å². The SMILES string of the molecule is Cc1cc(C(=O)Nc2cccc(C(F)(F)F)c2)cc(N)n1. The lowest BCUT2D eigenvalue weighted by molar-refractivity contribution is -0.137. The largest absolute Gasteiger partial charge is 0.416 e. The van der Waals surface area contributed by atoms with Crippen LogP contribution >= 0.6 is 0 Å². The minimum Gasteiger partial charge on any atom is -0.384 e. The van der Waals surface area contributed by atoms with E-state index in [2.05, 4.69) is 10.3 Å². The van der Waals surface area contributed by atoms with E-state index in [-0.39, 0.29) is 17.1 Å². The average Bonchev–Trinajstić information content (AvgIpc) is 2.37. The van der Waals surface area contributed by atoms with Gasteiger partial charge in [0.2, 0.25) is 0 Å². The van der Waals surface area contributed by atoms with Crippen LogP contribution in [0.4, 0.5) is 24.7 Å². The summed E-state index contributed by atoms with van der Waals surface area (Å²) in [5.74, 6) is -0.379. The number of amides is 1. The van der Waals surface area contributed by atoms with E-state index in [9.17, 15) is 18.0 Å². The van der Waals surface area contributed by atoms with Crippen molar-refractivity contribution < 1.29 is 18.0 Å². The molecule has 0 unspecified atom stereocenters. The zero-order valence-corrected chi connectivity index (χ0v) is 11.0. The number of benzene rings is 1. The summed E-state index contributed by atoms with van der Waals surface area (Å²) in [5.41, 5.74) is 5.54. The molecule has 2 rings (SSSR count). The molecule has 1 heterocycles. The summed E-state index contributed by atoms with van der Waals surface area (Å²) in [6.45, 7) is 1.66. The maximum atomic E-state index is 12.6. The number of pyridine rings is 1. The monoisotopic (exact) mass is 295 g/mol. The van der Waals surface area contributed by atoms with Crippen LogP contribution in [0.2, 0.25) is 0 Å². The third-order valence-electron chi connectivity index (χ3n) is 2.68. The molecule has 0 aliphatic carbocycles. The first-order valence-electron chi connectivity index (χ1n) is 5.98. The van der Waals surface area contributed by atoms with Gasteiger partial charge in [0.1, 0.15) is 5.82 Å². The Bertz CT molecular complexity index is 663. The quantitative estimate of drug-likeness (QED) is 0.893. The Morgan fingerprint density at radius 1 is 1.24 bits per heavy atom. The maximum Gasteiger partial charge on any atom is 0.416 e. The van der Waals surface area contributed by atoms with Gasteiger partial charge < -0.3 is 11.1 Å². The lowest BCUT2D eigenvalue weighted by atomic mass is 10.1. The number of hydrogen-bond acceptors (Lipinski definition) is 3. The summed E-state index contributed by atoms with van der Waals surface area (Å²) >= 11 is 0. The van der Waals surface area contributed by atoms with Crippen molar-refractivity contribution in [3.8, 4) is 0 Å². The van der Waals surface area contributed by atoms with Crippen LogP contribution in [-0.4, -0.2) is 10.9 Å². The number of halogens is 3. The number of hydrogen-bond donors (Lipinski definition) is 2. The molecule has 1 aromatic heterocycles. The summed E-state index contributed by atoms with van der Waals surface area (Å²) < 4.78 is 37.8. The lowest BCUT2D eigenvalue weighted by Gasteiger charge is -2.10. The minimum atomic E-state index is -4.46. The molecule has 4 nitrogen and oxygen atoms in total. The van der Waals surface area contributed by atoms with Gasteiger partial charge in [-0.1, -0.05) is 6.07 Å². The van der Waals surface area contributed by atoms with E-state index in [0.29, 0.717) is 5.69 Å². The van der Waals surface area contributed by atoms with Crippen molar-refractivity contribution >= 4 is 17.4 Å². The highest BCUT2D eigenvalue weighted by molar-refractivity contribution is 6.04. The number of nitrogen functional groups attached to an aromatic ring is 1. The van der Waals surface area contributed by atoms with Gasteiger partial charge in [-0.05, 0) is 37.3 Å². The molecule has 2 aromatic rings. The van der Waals surface area contributed by atoms with Crippen molar-refractivity contribution in [3.05, 3.63) is 53.2 Å². The van der Waals surface area contributed by atoms with Crippen molar-refractivity contribution in [3.63, 3.8) is 0 Å². The molecule has 0 saturated heterocycles. The molecule has 0 atom stereocenters. The molecule has 1 amide bonds. The van der Waals surface area contributed by atoms with Crippen molar-refractivity contribution in [2.45, 2.75) is 13.1 Å². The Morgan fingerprint density at radius 2 is 1.95 bits per heavy atom. The molecular formula is C14H12F3N3O. The number of aromatic nitrogens is 1. The van der Waals surface area contributed by atoms with Crippen LogP contribution in [0.25, 0.3) is 0 Å². The molecule has 0 aliphatic heterocycles. The number of aryl methyl sites for hydroxylation is 1. The summed E-state index contributed by atoms with van der Waals surface area (Å²) in [5, 5.41) is 2.40. The number of alkyl halides is 3. The number of anilines is 2. The smallest absolute Gasteiger partial charge is 0.384 e. The zero-order chi connectivity index (χ0) is 15.6. The Morgan fingerprint density at radius 3 is 2.57 bits per heavy atom. The second-order valence-electron chi connectivity index (χ2n) is 4.45. The predicted molar refractivity (Wildman–Crippen MR) is 72.8 cm³/mol. The molecule has 7 heteroatoms. The normalized spacial score (nSPS) is 11.2. The van der Waals surface area contributed by atoms with Gasteiger partial charge in [-0.15, -0.1) is 0 Å². The highest BCUT2D eigenvalue weighted by Crippen LogP contribution is 2.30. The van der Waals surface area contributed by atoms with Gasteiger partial charge in [-0.25, -0.2) is 4.98 Å². The number of carbonyl (C=O) groups is 1. The van der Waals surface area contributed by atoms with Gasteiger partial charge in [0.25, 0.3) is 5.91 Å². The molecule has 0 spiro atoms. The van der Waals surface area contributed by atoms with Crippen LogP contribution in [-0.2, 0) is 6.18 Å². The first-order valence-corrected chi connectivity index (χ1v) is 5.98. The van der Waals surface area contributed by atoms with Crippen LogP contribution in [0.15, 0.2) is 36.4 Å².